The summed E-state index contributed by atoms with van der Waals surface area (Å²) in [6.45, 7) is 7.26. The molecular formula is C10H17NO2. The van der Waals surface area contributed by atoms with Gasteiger partial charge in [0.2, 0.25) is 0 Å². The number of aliphatic carboxylic acids is 1. The fourth-order valence-corrected chi connectivity index (χ4v) is 1.70. The molecule has 0 radical (unpaired) electrons. The van der Waals surface area contributed by atoms with Crippen LogP contribution in [0.2, 0.25) is 0 Å². The van der Waals surface area contributed by atoms with Crippen LogP contribution in [0.25, 0.3) is 0 Å². The lowest BCUT2D eigenvalue weighted by molar-refractivity contribution is -0.143. The third kappa shape index (κ3) is 2.56. The van der Waals surface area contributed by atoms with Gasteiger partial charge in [0.05, 0.1) is 0 Å². The van der Waals surface area contributed by atoms with Crippen molar-refractivity contribution in [1.82, 2.24) is 4.90 Å². The number of carboxylic acids is 1. The highest BCUT2D eigenvalue weighted by Gasteiger charge is 2.24. The summed E-state index contributed by atoms with van der Waals surface area (Å²) < 4.78 is 0. The molecule has 3 heteroatoms. The van der Waals surface area contributed by atoms with Crippen LogP contribution in [0, 0.1) is 5.92 Å². The van der Waals surface area contributed by atoms with E-state index in [4.69, 9.17) is 5.11 Å². The van der Waals surface area contributed by atoms with E-state index in [2.05, 4.69) is 6.58 Å². The van der Waals surface area contributed by atoms with Crippen molar-refractivity contribution in [2.24, 2.45) is 5.92 Å². The van der Waals surface area contributed by atoms with Crippen molar-refractivity contribution in [3.8, 4) is 0 Å². The van der Waals surface area contributed by atoms with Gasteiger partial charge in [-0.05, 0) is 38.8 Å². The molecule has 1 atom stereocenters. The van der Waals surface area contributed by atoms with E-state index in [-0.39, 0.29) is 6.04 Å². The molecule has 1 unspecified atom stereocenters. The summed E-state index contributed by atoms with van der Waals surface area (Å²) in [6.07, 6.45) is 4.06. The third-order valence-electron chi connectivity index (χ3n) is 2.81. The zero-order valence-electron chi connectivity index (χ0n) is 8.07. The molecule has 13 heavy (non-hydrogen) atoms. The van der Waals surface area contributed by atoms with Gasteiger partial charge in [0.15, 0.2) is 0 Å². The summed E-state index contributed by atoms with van der Waals surface area (Å²) in [4.78, 5) is 12.7. The van der Waals surface area contributed by atoms with Crippen molar-refractivity contribution in [2.45, 2.75) is 25.8 Å². The number of carboxylic acid groups (broad SMARTS) is 1. The second kappa shape index (κ2) is 4.42. The first kappa shape index (κ1) is 10.3. The van der Waals surface area contributed by atoms with Crippen LogP contribution >= 0.6 is 0 Å². The number of piperidine rings is 1. The predicted octanol–water partition coefficient (Wildman–Crippen LogP) is 1.36. The van der Waals surface area contributed by atoms with E-state index in [0.29, 0.717) is 5.92 Å². The van der Waals surface area contributed by atoms with E-state index in [1.54, 1.807) is 6.92 Å². The van der Waals surface area contributed by atoms with Gasteiger partial charge in [0.25, 0.3) is 0 Å². The Morgan fingerprint density at radius 2 is 2.15 bits per heavy atom. The van der Waals surface area contributed by atoms with E-state index in [9.17, 15) is 4.79 Å². The monoisotopic (exact) mass is 183 g/mol. The van der Waals surface area contributed by atoms with Crippen LogP contribution in [0.5, 0.6) is 0 Å². The fourth-order valence-electron chi connectivity index (χ4n) is 1.70. The zero-order chi connectivity index (χ0) is 9.84. The molecule has 0 aromatic rings. The average molecular weight is 183 g/mol. The van der Waals surface area contributed by atoms with Gasteiger partial charge < -0.3 is 5.11 Å². The lowest BCUT2D eigenvalue weighted by Crippen LogP contribution is -2.43. The van der Waals surface area contributed by atoms with E-state index >= 15 is 0 Å². The molecule has 0 aromatic heterocycles. The Kier molecular flexibility index (Phi) is 3.48. The summed E-state index contributed by atoms with van der Waals surface area (Å²) in [5.41, 5.74) is 0. The van der Waals surface area contributed by atoms with Crippen molar-refractivity contribution >= 4 is 5.97 Å². The first-order chi connectivity index (χ1) is 6.15. The number of hydrogen-bond acceptors (Lipinski definition) is 2. The van der Waals surface area contributed by atoms with Crippen LogP contribution in [-0.4, -0.2) is 35.1 Å². The largest absolute Gasteiger partial charge is 0.480 e. The first-order valence-corrected chi connectivity index (χ1v) is 4.74. The topological polar surface area (TPSA) is 40.5 Å². The maximum atomic E-state index is 10.7. The molecule has 0 amide bonds. The molecule has 1 heterocycles. The number of rotatable bonds is 3. The summed E-state index contributed by atoms with van der Waals surface area (Å²) in [6, 6.07) is -0.342. The summed E-state index contributed by atoms with van der Waals surface area (Å²) in [7, 11) is 0. The minimum Gasteiger partial charge on any atom is -0.480 e. The lowest BCUT2D eigenvalue weighted by atomic mass is 9.96. The molecule has 0 spiro atoms. The molecule has 1 saturated heterocycles. The predicted molar refractivity (Wildman–Crippen MR) is 51.6 cm³/mol. The van der Waals surface area contributed by atoms with Crippen molar-refractivity contribution in [1.29, 1.82) is 0 Å². The first-order valence-electron chi connectivity index (χ1n) is 4.74. The number of likely N-dealkylation sites (tertiary alicyclic amines) is 1. The van der Waals surface area contributed by atoms with Crippen LogP contribution < -0.4 is 0 Å². The van der Waals surface area contributed by atoms with Gasteiger partial charge in [0.1, 0.15) is 6.04 Å². The highest BCUT2D eigenvalue weighted by molar-refractivity contribution is 5.72. The van der Waals surface area contributed by atoms with Crippen molar-refractivity contribution in [2.75, 3.05) is 13.1 Å². The molecule has 1 aliphatic heterocycles. The van der Waals surface area contributed by atoms with Crippen LogP contribution in [0.1, 0.15) is 19.8 Å². The van der Waals surface area contributed by atoms with Gasteiger partial charge in [-0.15, -0.1) is 6.58 Å². The Hall–Kier alpha value is -0.830. The summed E-state index contributed by atoms with van der Waals surface area (Å²) in [5, 5.41) is 8.80. The lowest BCUT2D eigenvalue weighted by Gasteiger charge is -2.32. The van der Waals surface area contributed by atoms with Crippen LogP contribution in [-0.2, 0) is 4.79 Å². The van der Waals surface area contributed by atoms with E-state index in [1.165, 1.54) is 0 Å². The normalized spacial score (nSPS) is 22.5. The minimum absolute atomic E-state index is 0.342. The summed E-state index contributed by atoms with van der Waals surface area (Å²) >= 11 is 0. The second-order valence-corrected chi connectivity index (χ2v) is 3.62. The molecule has 3 nitrogen and oxygen atoms in total. The van der Waals surface area contributed by atoms with Gasteiger partial charge >= 0.3 is 5.97 Å². The van der Waals surface area contributed by atoms with Gasteiger partial charge in [-0.2, -0.15) is 0 Å². The fraction of sp³-hybridized carbons (Fsp3) is 0.700. The molecule has 0 saturated carbocycles. The van der Waals surface area contributed by atoms with Crippen molar-refractivity contribution < 1.29 is 9.90 Å². The van der Waals surface area contributed by atoms with Crippen molar-refractivity contribution in [3.63, 3.8) is 0 Å². The molecule has 0 bridgehead atoms. The van der Waals surface area contributed by atoms with Gasteiger partial charge in [-0.1, -0.05) is 6.08 Å². The zero-order valence-corrected chi connectivity index (χ0v) is 8.07. The minimum atomic E-state index is -0.725. The Bertz CT molecular complexity index is 195. The SMILES string of the molecule is C=CC1CCN(C(C)C(=O)O)CC1. The Labute approximate surface area is 79.0 Å². The van der Waals surface area contributed by atoms with E-state index in [0.717, 1.165) is 25.9 Å². The number of hydrogen-bond donors (Lipinski definition) is 1. The smallest absolute Gasteiger partial charge is 0.320 e. The highest BCUT2D eigenvalue weighted by Crippen LogP contribution is 2.19. The van der Waals surface area contributed by atoms with Crippen LogP contribution in [0.4, 0.5) is 0 Å². The molecule has 1 rings (SSSR count). The standard InChI is InChI=1S/C10H17NO2/c1-3-9-4-6-11(7-5-9)8(2)10(12)13/h3,8-9H,1,4-7H2,2H3,(H,12,13). The van der Waals surface area contributed by atoms with Crippen molar-refractivity contribution in [3.05, 3.63) is 12.7 Å². The second-order valence-electron chi connectivity index (χ2n) is 3.62. The van der Waals surface area contributed by atoms with Crippen LogP contribution in [0.3, 0.4) is 0 Å². The van der Waals surface area contributed by atoms with E-state index in [1.807, 2.05) is 11.0 Å². The molecule has 1 N–H and O–H groups in total. The molecule has 0 aromatic carbocycles. The summed E-state index contributed by atoms with van der Waals surface area (Å²) in [5.74, 6) is -0.144. The Morgan fingerprint density at radius 1 is 1.62 bits per heavy atom. The Morgan fingerprint density at radius 3 is 2.54 bits per heavy atom. The van der Waals surface area contributed by atoms with Gasteiger partial charge in [-0.3, -0.25) is 9.69 Å². The maximum Gasteiger partial charge on any atom is 0.320 e. The quantitative estimate of drug-likeness (QED) is 0.671. The molecule has 1 aliphatic rings. The molecule has 1 fully saturated rings. The van der Waals surface area contributed by atoms with Gasteiger partial charge in [-0.25, -0.2) is 0 Å². The number of carbonyl (C=O) groups is 1. The van der Waals surface area contributed by atoms with Gasteiger partial charge in [0, 0.05) is 0 Å². The Balaban J connectivity index is 2.40. The molecular weight excluding hydrogens is 166 g/mol. The highest BCUT2D eigenvalue weighted by atomic mass is 16.4. The number of allylic oxidation sites excluding steroid dienone is 1. The third-order valence-corrected chi connectivity index (χ3v) is 2.81. The number of nitrogens with zero attached hydrogens (tertiary/aromatic N) is 1. The maximum absolute atomic E-state index is 10.7. The molecule has 74 valence electrons. The molecule has 0 aliphatic carbocycles. The van der Waals surface area contributed by atoms with Crippen LogP contribution in [0.15, 0.2) is 12.7 Å². The van der Waals surface area contributed by atoms with E-state index < -0.39 is 5.97 Å². The average Bonchev–Trinajstić information content (AvgIpc) is 2.17.